The van der Waals surface area contributed by atoms with E-state index in [4.69, 9.17) is 5.11 Å². The molecule has 3 atom stereocenters. The molecule has 6 rings (SSSR count). The minimum Gasteiger partial charge on any atom is -0.395 e. The average molecular weight is 556 g/mol. The number of H-pyrrole nitrogens is 1. The van der Waals surface area contributed by atoms with Crippen LogP contribution in [0.15, 0.2) is 12.5 Å². The summed E-state index contributed by atoms with van der Waals surface area (Å²) in [5.74, 6) is 1.48. The van der Waals surface area contributed by atoms with Crippen LogP contribution in [0.5, 0.6) is 0 Å². The molecular weight excluding hydrogens is 518 g/mol. The third-order valence-electron chi connectivity index (χ3n) is 9.02. The van der Waals surface area contributed by atoms with Crippen molar-refractivity contribution in [2.75, 3.05) is 31.2 Å². The van der Waals surface area contributed by atoms with Crippen LogP contribution in [-0.2, 0) is 9.84 Å². The first-order chi connectivity index (χ1) is 18.1. The number of nitrogens with zero attached hydrogens (tertiary/aromatic N) is 4. The van der Waals surface area contributed by atoms with E-state index in [1.165, 1.54) is 43.0 Å². The largest absolute Gasteiger partial charge is 0.395 e. The van der Waals surface area contributed by atoms with Gasteiger partial charge in [-0.1, -0.05) is 13.8 Å². The molecule has 4 aromatic rings. The Morgan fingerprint density at radius 3 is 2.63 bits per heavy atom. The van der Waals surface area contributed by atoms with E-state index in [-0.39, 0.29) is 18.1 Å². The molecule has 1 saturated carbocycles. The van der Waals surface area contributed by atoms with Gasteiger partial charge in [0.15, 0.2) is 15.5 Å². The van der Waals surface area contributed by atoms with Crippen molar-refractivity contribution in [1.82, 2.24) is 24.5 Å². The molecule has 0 amide bonds. The van der Waals surface area contributed by atoms with E-state index in [0.29, 0.717) is 30.3 Å². The summed E-state index contributed by atoms with van der Waals surface area (Å²) in [6.45, 7) is 12.4. The second kappa shape index (κ2) is 9.43. The van der Waals surface area contributed by atoms with Gasteiger partial charge in [0.05, 0.1) is 23.8 Å². The van der Waals surface area contributed by atoms with Crippen LogP contribution in [0, 0.1) is 26.7 Å². The van der Waals surface area contributed by atoms with Crippen LogP contribution in [0.1, 0.15) is 65.7 Å². The summed E-state index contributed by atoms with van der Waals surface area (Å²) in [5.41, 5.74) is 8.44. The van der Waals surface area contributed by atoms with Crippen molar-refractivity contribution in [3.8, 4) is 11.3 Å². The molecule has 4 aromatic heterocycles. The first kappa shape index (κ1) is 26.0. The zero-order valence-corrected chi connectivity index (χ0v) is 24.4. The molecule has 38 heavy (non-hydrogen) atoms. The molecule has 1 unspecified atom stereocenters. The maximum atomic E-state index is 12.1. The molecule has 2 bridgehead atoms. The summed E-state index contributed by atoms with van der Waals surface area (Å²) in [4.78, 5) is 13.4. The van der Waals surface area contributed by atoms with Crippen LogP contribution in [0.2, 0.25) is 0 Å². The molecule has 10 heteroatoms. The number of hydrogen-bond acceptors (Lipinski definition) is 7. The average Bonchev–Trinajstić information content (AvgIpc) is 3.67. The van der Waals surface area contributed by atoms with Gasteiger partial charge in [-0.3, -0.25) is 4.90 Å². The number of nitrogens with one attached hydrogen (secondary N) is 1. The van der Waals surface area contributed by atoms with Gasteiger partial charge < -0.3 is 10.1 Å². The van der Waals surface area contributed by atoms with E-state index >= 15 is 0 Å². The molecule has 2 N–H and O–H groups in total. The number of thiophene rings is 1. The molecule has 1 saturated heterocycles. The third-order valence-corrected chi connectivity index (χ3v) is 12.0. The van der Waals surface area contributed by atoms with E-state index in [1.807, 2.05) is 15.9 Å². The molecule has 0 radical (unpaired) electrons. The summed E-state index contributed by atoms with van der Waals surface area (Å²) in [6, 6.07) is 0.453. The monoisotopic (exact) mass is 555 g/mol. The van der Waals surface area contributed by atoms with Crippen molar-refractivity contribution in [1.29, 1.82) is 0 Å². The maximum Gasteiger partial charge on any atom is 0.158 e. The van der Waals surface area contributed by atoms with E-state index in [1.54, 1.807) is 6.33 Å². The second-order valence-electron chi connectivity index (χ2n) is 11.5. The highest BCUT2D eigenvalue weighted by molar-refractivity contribution is 7.91. The van der Waals surface area contributed by atoms with Crippen molar-refractivity contribution in [3.05, 3.63) is 39.7 Å². The summed E-state index contributed by atoms with van der Waals surface area (Å²) in [6.07, 6.45) is 5.96. The molecule has 2 aliphatic rings. The number of piperidine rings is 1. The third kappa shape index (κ3) is 4.11. The number of aryl methyl sites for hydroxylation is 2. The number of aliphatic hydroxyl groups is 1. The van der Waals surface area contributed by atoms with Gasteiger partial charge in [-0.25, -0.2) is 17.9 Å². The maximum absolute atomic E-state index is 12.1. The van der Waals surface area contributed by atoms with Crippen molar-refractivity contribution < 1.29 is 13.5 Å². The van der Waals surface area contributed by atoms with Gasteiger partial charge >= 0.3 is 0 Å². The molecule has 5 heterocycles. The highest BCUT2D eigenvalue weighted by atomic mass is 32.2. The molecule has 8 nitrogen and oxygen atoms in total. The van der Waals surface area contributed by atoms with Gasteiger partial charge in [0.2, 0.25) is 0 Å². The van der Waals surface area contributed by atoms with E-state index in [9.17, 15) is 8.42 Å². The van der Waals surface area contributed by atoms with Gasteiger partial charge in [-0.05, 0) is 73.6 Å². The number of aliphatic hydroxyl groups excluding tert-OH is 1. The lowest BCUT2D eigenvalue weighted by molar-refractivity contribution is 0.211. The van der Waals surface area contributed by atoms with E-state index < -0.39 is 9.84 Å². The molecule has 1 aliphatic heterocycles. The Hall–Kier alpha value is -2.27. The van der Waals surface area contributed by atoms with E-state index in [0.717, 1.165) is 30.6 Å². The number of sulfone groups is 1. The zero-order chi connectivity index (χ0) is 26.9. The summed E-state index contributed by atoms with van der Waals surface area (Å²) in [5, 5.41) is 14.8. The first-order valence-electron chi connectivity index (χ1n) is 13.6. The van der Waals surface area contributed by atoms with Crippen molar-refractivity contribution >= 4 is 37.0 Å². The predicted molar refractivity (Wildman–Crippen MR) is 153 cm³/mol. The Morgan fingerprint density at radius 1 is 1.16 bits per heavy atom. The predicted octanol–water partition coefficient (Wildman–Crippen LogP) is 4.57. The Morgan fingerprint density at radius 2 is 1.95 bits per heavy atom. The number of aromatic amines is 1. The zero-order valence-electron chi connectivity index (χ0n) is 22.8. The lowest BCUT2D eigenvalue weighted by atomic mass is 9.88. The second-order valence-corrected chi connectivity index (χ2v) is 14.9. The first-order valence-corrected chi connectivity index (χ1v) is 16.2. The van der Waals surface area contributed by atoms with Crippen molar-refractivity contribution in [2.45, 2.75) is 65.3 Å². The molecular formula is C28H37N5O3S2. The fraction of sp³-hybridized carbons (Fsp3) is 0.571. The van der Waals surface area contributed by atoms with Crippen LogP contribution >= 0.6 is 11.3 Å². The normalized spacial score (nSPS) is 22.1. The number of rotatable bonds is 8. The smallest absolute Gasteiger partial charge is 0.158 e. The Balaban J connectivity index is 1.31. The minimum absolute atomic E-state index is 0.135. The molecule has 1 aliphatic carbocycles. The Labute approximate surface area is 228 Å². The summed E-state index contributed by atoms with van der Waals surface area (Å²) in [7, 11) is -3.18. The number of likely N-dealkylation sites (tertiary alicyclic amines) is 1. The van der Waals surface area contributed by atoms with Gasteiger partial charge in [0, 0.05) is 41.2 Å². The molecule has 204 valence electrons. The lowest BCUT2D eigenvalue weighted by Gasteiger charge is -2.31. The molecule has 0 spiro atoms. The molecule has 0 aromatic carbocycles. The standard InChI is InChI=1S/C28H37N5O3S2/c1-15(2)23-24-18(5)26(21-11-20-10-19(21)12-32(20)6-8-38(35,36)9-7-34)37-28(24)31-25(23)22-13-33-27(29-14-30-33)17(4)16(22)3/h13-15,19-21,31,34H,6-12H2,1-5H3/t19-,20?,21+/m0/s1. The Bertz CT molecular complexity index is 1630. The fourth-order valence-corrected chi connectivity index (χ4v) is 9.41. The van der Waals surface area contributed by atoms with Gasteiger partial charge in [-0.15, -0.1) is 11.3 Å². The SMILES string of the molecule is Cc1c(-c2[nH]c3sc([C@@H]4CC5C[C@H]4CN5CCS(=O)(=O)CCO)c(C)c3c2C(C)C)cn2ncnc2c1C. The highest BCUT2D eigenvalue weighted by Gasteiger charge is 2.46. The number of pyridine rings is 1. The van der Waals surface area contributed by atoms with E-state index in [2.05, 4.69) is 60.8 Å². The van der Waals surface area contributed by atoms with Crippen molar-refractivity contribution in [2.24, 2.45) is 5.92 Å². The van der Waals surface area contributed by atoms with Gasteiger partial charge in [0.1, 0.15) is 11.2 Å². The van der Waals surface area contributed by atoms with Gasteiger partial charge in [0.25, 0.3) is 0 Å². The number of fused-ring (bicyclic) bond motifs is 4. The topological polar surface area (TPSA) is 104 Å². The van der Waals surface area contributed by atoms with Crippen LogP contribution < -0.4 is 0 Å². The van der Waals surface area contributed by atoms with Crippen molar-refractivity contribution in [3.63, 3.8) is 0 Å². The fourth-order valence-electron chi connectivity index (χ4n) is 6.98. The van der Waals surface area contributed by atoms with Gasteiger partial charge in [-0.2, -0.15) is 5.10 Å². The lowest BCUT2D eigenvalue weighted by Crippen LogP contribution is -2.38. The molecule has 2 fully saturated rings. The van der Waals surface area contributed by atoms with Crippen LogP contribution in [-0.4, -0.2) is 75.3 Å². The minimum atomic E-state index is -3.18. The number of aromatic nitrogens is 4. The Kier molecular flexibility index (Phi) is 6.45. The summed E-state index contributed by atoms with van der Waals surface area (Å²) >= 11 is 1.92. The van der Waals surface area contributed by atoms with Crippen LogP contribution in [0.25, 0.3) is 27.1 Å². The van der Waals surface area contributed by atoms with Crippen LogP contribution in [0.4, 0.5) is 0 Å². The quantitative estimate of drug-likeness (QED) is 0.330. The summed E-state index contributed by atoms with van der Waals surface area (Å²) < 4.78 is 26.1. The van der Waals surface area contributed by atoms with Crippen LogP contribution in [0.3, 0.4) is 0 Å². The highest BCUT2D eigenvalue weighted by Crippen LogP contribution is 2.53. The number of hydrogen-bond donors (Lipinski definition) is 2.